The van der Waals surface area contributed by atoms with Crippen LogP contribution in [0, 0.1) is 5.82 Å². The van der Waals surface area contributed by atoms with Gasteiger partial charge in [-0.15, -0.1) is 0 Å². The number of aliphatic hydroxyl groups excluding tert-OH is 2. The van der Waals surface area contributed by atoms with Crippen LogP contribution in [0.25, 0.3) is 0 Å². The third kappa shape index (κ3) is 5.32. The molecule has 166 valence electrons. The Hall–Kier alpha value is -2.70. The first-order chi connectivity index (χ1) is 14.8. The van der Waals surface area contributed by atoms with Crippen LogP contribution in [-0.4, -0.2) is 47.6 Å². The molecule has 0 unspecified atom stereocenters. The second-order valence-electron chi connectivity index (χ2n) is 8.20. The molecule has 0 saturated carbocycles. The van der Waals surface area contributed by atoms with Crippen molar-refractivity contribution in [2.45, 2.75) is 56.9 Å². The van der Waals surface area contributed by atoms with Crippen LogP contribution in [0.5, 0.6) is 0 Å². The molecule has 0 aliphatic carbocycles. The number of carbonyl (C=O) groups is 1. The monoisotopic (exact) mass is 427 g/mol. The standard InChI is InChI=1S/C25H30FNO4/c1-16(2)27-22-7-5-4-6-21(22)25(17-8-10-18(26)11-9-17)23(27)13-12-19(28)14-20(29)15-24(30)31-3/h4-13,16,19-20,23,25,28-29H,14-15H2,1-3H3/b13-12+/t19-,20-,23+,25-/m1/s1. The van der Waals surface area contributed by atoms with Crippen LogP contribution in [-0.2, 0) is 9.53 Å². The van der Waals surface area contributed by atoms with Gasteiger partial charge in [0.2, 0.25) is 0 Å². The third-order valence-corrected chi connectivity index (χ3v) is 5.67. The molecule has 0 saturated heterocycles. The summed E-state index contributed by atoms with van der Waals surface area (Å²) in [6.07, 6.45) is 1.60. The van der Waals surface area contributed by atoms with E-state index in [1.165, 1.54) is 19.2 Å². The second-order valence-corrected chi connectivity index (χ2v) is 8.20. The molecule has 5 nitrogen and oxygen atoms in total. The molecule has 0 spiro atoms. The summed E-state index contributed by atoms with van der Waals surface area (Å²) >= 11 is 0. The number of carbonyl (C=O) groups excluding carboxylic acids is 1. The first-order valence-corrected chi connectivity index (χ1v) is 10.6. The number of ether oxygens (including phenoxy) is 1. The molecular weight excluding hydrogens is 397 g/mol. The number of nitrogens with zero attached hydrogens (tertiary/aromatic N) is 1. The van der Waals surface area contributed by atoms with E-state index in [0.29, 0.717) is 0 Å². The van der Waals surface area contributed by atoms with E-state index in [4.69, 9.17) is 0 Å². The molecule has 2 N–H and O–H groups in total. The van der Waals surface area contributed by atoms with E-state index < -0.39 is 18.2 Å². The summed E-state index contributed by atoms with van der Waals surface area (Å²) in [6.45, 7) is 4.22. The first-order valence-electron chi connectivity index (χ1n) is 10.6. The minimum Gasteiger partial charge on any atom is -0.469 e. The van der Waals surface area contributed by atoms with Crippen molar-refractivity contribution < 1.29 is 24.1 Å². The number of fused-ring (bicyclic) bond motifs is 1. The van der Waals surface area contributed by atoms with E-state index in [1.54, 1.807) is 18.2 Å². The van der Waals surface area contributed by atoms with Gasteiger partial charge in [0.15, 0.2) is 0 Å². The molecule has 1 heterocycles. The zero-order valence-corrected chi connectivity index (χ0v) is 18.1. The van der Waals surface area contributed by atoms with E-state index in [-0.39, 0.29) is 36.7 Å². The van der Waals surface area contributed by atoms with Gasteiger partial charge in [0, 0.05) is 24.1 Å². The molecule has 4 atom stereocenters. The number of anilines is 1. The summed E-state index contributed by atoms with van der Waals surface area (Å²) in [5.41, 5.74) is 3.26. The molecule has 0 aromatic heterocycles. The highest BCUT2D eigenvalue weighted by Gasteiger charge is 2.38. The first kappa shape index (κ1) is 23.0. The lowest BCUT2D eigenvalue weighted by molar-refractivity contribution is -0.143. The van der Waals surface area contributed by atoms with Crippen molar-refractivity contribution in [2.24, 2.45) is 0 Å². The predicted molar refractivity (Wildman–Crippen MR) is 118 cm³/mol. The maximum absolute atomic E-state index is 13.5. The number of hydrogen-bond donors (Lipinski definition) is 2. The molecule has 1 aliphatic heterocycles. The van der Waals surface area contributed by atoms with E-state index >= 15 is 0 Å². The average Bonchev–Trinajstić information content (AvgIpc) is 3.07. The Kier molecular flexibility index (Phi) is 7.46. The number of hydrogen-bond acceptors (Lipinski definition) is 5. The van der Waals surface area contributed by atoms with Gasteiger partial charge in [-0.3, -0.25) is 4.79 Å². The van der Waals surface area contributed by atoms with Crippen molar-refractivity contribution in [3.63, 3.8) is 0 Å². The van der Waals surface area contributed by atoms with Crippen LogP contribution < -0.4 is 4.90 Å². The molecular formula is C25H30FNO4. The average molecular weight is 428 g/mol. The van der Waals surface area contributed by atoms with Gasteiger partial charge in [-0.25, -0.2) is 4.39 Å². The van der Waals surface area contributed by atoms with Gasteiger partial charge in [-0.05, 0) is 43.2 Å². The predicted octanol–water partition coefficient (Wildman–Crippen LogP) is 3.79. The summed E-state index contributed by atoms with van der Waals surface area (Å²) in [6, 6.07) is 14.8. The number of benzene rings is 2. The molecule has 0 amide bonds. The Bertz CT molecular complexity index is 912. The molecule has 0 radical (unpaired) electrons. The lowest BCUT2D eigenvalue weighted by atomic mass is 9.87. The molecule has 0 fully saturated rings. The smallest absolute Gasteiger partial charge is 0.308 e. The topological polar surface area (TPSA) is 70.0 Å². The quantitative estimate of drug-likeness (QED) is 0.496. The Balaban J connectivity index is 1.88. The Morgan fingerprint density at radius 3 is 2.48 bits per heavy atom. The molecule has 6 heteroatoms. The summed E-state index contributed by atoms with van der Waals surface area (Å²) < 4.78 is 18.1. The molecule has 2 aromatic rings. The summed E-state index contributed by atoms with van der Waals surface area (Å²) in [5, 5.41) is 20.4. The lowest BCUT2D eigenvalue weighted by Gasteiger charge is -2.32. The highest BCUT2D eigenvalue weighted by molar-refractivity contribution is 5.69. The zero-order valence-electron chi connectivity index (χ0n) is 18.1. The van der Waals surface area contributed by atoms with Crippen LogP contribution in [0.3, 0.4) is 0 Å². The second kappa shape index (κ2) is 10.1. The van der Waals surface area contributed by atoms with Gasteiger partial charge in [-0.1, -0.05) is 42.5 Å². The van der Waals surface area contributed by atoms with Crippen molar-refractivity contribution in [2.75, 3.05) is 12.0 Å². The SMILES string of the molecule is COC(=O)C[C@H](O)C[C@H](O)/C=C/[C@H]1[C@H](c2ccc(F)cc2)c2ccccc2N1C(C)C. The number of para-hydroxylation sites is 1. The Morgan fingerprint density at radius 1 is 1.16 bits per heavy atom. The van der Waals surface area contributed by atoms with Crippen LogP contribution in [0.2, 0.25) is 0 Å². The van der Waals surface area contributed by atoms with E-state index in [0.717, 1.165) is 16.8 Å². The fourth-order valence-electron chi connectivity index (χ4n) is 4.32. The van der Waals surface area contributed by atoms with Crippen LogP contribution in [0.1, 0.15) is 43.7 Å². The van der Waals surface area contributed by atoms with Crippen molar-refractivity contribution in [1.82, 2.24) is 0 Å². The molecule has 0 bridgehead atoms. The van der Waals surface area contributed by atoms with Crippen molar-refractivity contribution >= 4 is 11.7 Å². The minimum absolute atomic E-state index is 0.0253. The zero-order chi connectivity index (χ0) is 22.5. The normalized spacial score (nSPS) is 20.2. The summed E-state index contributed by atoms with van der Waals surface area (Å²) in [7, 11) is 1.26. The number of halogens is 1. The van der Waals surface area contributed by atoms with Gasteiger partial charge >= 0.3 is 5.97 Å². The fraction of sp³-hybridized carbons (Fsp3) is 0.400. The Morgan fingerprint density at radius 2 is 1.84 bits per heavy atom. The van der Waals surface area contributed by atoms with E-state index in [2.05, 4.69) is 35.6 Å². The highest BCUT2D eigenvalue weighted by Crippen LogP contribution is 2.46. The molecule has 2 aromatic carbocycles. The lowest BCUT2D eigenvalue weighted by Crippen LogP contribution is -2.38. The molecule has 3 rings (SSSR count). The van der Waals surface area contributed by atoms with Gasteiger partial charge in [-0.2, -0.15) is 0 Å². The van der Waals surface area contributed by atoms with Crippen molar-refractivity contribution in [3.8, 4) is 0 Å². The van der Waals surface area contributed by atoms with Gasteiger partial charge in [0.25, 0.3) is 0 Å². The van der Waals surface area contributed by atoms with E-state index in [1.807, 2.05) is 18.2 Å². The maximum atomic E-state index is 13.5. The number of rotatable bonds is 8. The molecule has 31 heavy (non-hydrogen) atoms. The number of aliphatic hydroxyl groups is 2. The van der Waals surface area contributed by atoms with Crippen molar-refractivity contribution in [3.05, 3.63) is 77.6 Å². The largest absolute Gasteiger partial charge is 0.469 e. The van der Waals surface area contributed by atoms with Crippen LogP contribution in [0.15, 0.2) is 60.7 Å². The van der Waals surface area contributed by atoms with Crippen LogP contribution >= 0.6 is 0 Å². The fourth-order valence-corrected chi connectivity index (χ4v) is 4.32. The van der Waals surface area contributed by atoms with Gasteiger partial charge in [0.05, 0.1) is 31.8 Å². The van der Waals surface area contributed by atoms with Gasteiger partial charge < -0.3 is 19.8 Å². The summed E-state index contributed by atoms with van der Waals surface area (Å²) in [5.74, 6) is -0.822. The Labute approximate surface area is 182 Å². The summed E-state index contributed by atoms with van der Waals surface area (Å²) in [4.78, 5) is 13.6. The van der Waals surface area contributed by atoms with E-state index in [9.17, 15) is 19.4 Å². The highest BCUT2D eigenvalue weighted by atomic mass is 19.1. The van der Waals surface area contributed by atoms with Gasteiger partial charge in [0.1, 0.15) is 5.82 Å². The minimum atomic E-state index is -0.984. The third-order valence-electron chi connectivity index (χ3n) is 5.67. The number of methoxy groups -OCH3 is 1. The number of esters is 1. The van der Waals surface area contributed by atoms with Crippen LogP contribution in [0.4, 0.5) is 10.1 Å². The maximum Gasteiger partial charge on any atom is 0.308 e. The molecule has 1 aliphatic rings. The van der Waals surface area contributed by atoms with Crippen molar-refractivity contribution in [1.29, 1.82) is 0 Å².